The quantitative estimate of drug-likeness (QED) is 0.686. The average Bonchev–Trinajstić information content (AvgIpc) is 2.14. The molecule has 1 amide bonds. The standard InChI is InChI=1S/C12H26N2O2/c1-6-7-12(3,16)9-13-10(2)8-11(15)14(4)5/h10,13,16H,6-9H2,1-5H3. The van der Waals surface area contributed by atoms with Crippen molar-refractivity contribution in [3.63, 3.8) is 0 Å². The summed E-state index contributed by atoms with van der Waals surface area (Å²) in [6.07, 6.45) is 2.20. The molecule has 16 heavy (non-hydrogen) atoms. The fourth-order valence-corrected chi connectivity index (χ4v) is 1.54. The molecular formula is C12H26N2O2. The maximum atomic E-state index is 11.4. The van der Waals surface area contributed by atoms with Gasteiger partial charge in [-0.2, -0.15) is 0 Å². The van der Waals surface area contributed by atoms with E-state index in [1.807, 2.05) is 20.8 Å². The molecule has 2 atom stereocenters. The third-order valence-electron chi connectivity index (χ3n) is 2.60. The van der Waals surface area contributed by atoms with E-state index in [0.29, 0.717) is 13.0 Å². The number of nitrogens with zero attached hydrogens (tertiary/aromatic N) is 1. The minimum atomic E-state index is -0.676. The molecule has 2 N–H and O–H groups in total. The Hall–Kier alpha value is -0.610. The Labute approximate surface area is 99.0 Å². The van der Waals surface area contributed by atoms with Crippen LogP contribution in [0.5, 0.6) is 0 Å². The molecule has 2 unspecified atom stereocenters. The molecule has 0 rings (SSSR count). The third kappa shape index (κ3) is 6.80. The second kappa shape index (κ2) is 6.86. The van der Waals surface area contributed by atoms with Crippen molar-refractivity contribution in [2.75, 3.05) is 20.6 Å². The Bertz CT molecular complexity index is 215. The highest BCUT2D eigenvalue weighted by Crippen LogP contribution is 2.10. The Balaban J connectivity index is 3.89. The lowest BCUT2D eigenvalue weighted by Crippen LogP contribution is -2.43. The SMILES string of the molecule is CCCC(C)(O)CNC(C)CC(=O)N(C)C. The van der Waals surface area contributed by atoms with Crippen LogP contribution in [0.4, 0.5) is 0 Å². The molecule has 0 aliphatic rings. The van der Waals surface area contributed by atoms with Gasteiger partial charge in [-0.25, -0.2) is 0 Å². The molecule has 0 fully saturated rings. The number of rotatable bonds is 7. The Morgan fingerprint density at radius 2 is 2.06 bits per heavy atom. The average molecular weight is 230 g/mol. The van der Waals surface area contributed by atoms with Gasteiger partial charge in [0.2, 0.25) is 5.91 Å². The predicted molar refractivity (Wildman–Crippen MR) is 66.3 cm³/mol. The van der Waals surface area contributed by atoms with E-state index >= 15 is 0 Å². The van der Waals surface area contributed by atoms with E-state index < -0.39 is 5.60 Å². The Kier molecular flexibility index (Phi) is 6.60. The maximum absolute atomic E-state index is 11.4. The van der Waals surface area contributed by atoms with Crippen molar-refractivity contribution in [3.8, 4) is 0 Å². The highest BCUT2D eigenvalue weighted by molar-refractivity contribution is 5.76. The van der Waals surface area contributed by atoms with Crippen LogP contribution in [0.3, 0.4) is 0 Å². The van der Waals surface area contributed by atoms with Crippen LogP contribution in [0.15, 0.2) is 0 Å². The first-order valence-electron chi connectivity index (χ1n) is 5.94. The maximum Gasteiger partial charge on any atom is 0.223 e. The van der Waals surface area contributed by atoms with Gasteiger partial charge in [0.05, 0.1) is 5.60 Å². The molecule has 0 aromatic carbocycles. The topological polar surface area (TPSA) is 52.6 Å². The largest absolute Gasteiger partial charge is 0.389 e. The number of nitrogens with one attached hydrogen (secondary N) is 1. The van der Waals surface area contributed by atoms with Gasteiger partial charge in [0.1, 0.15) is 0 Å². The monoisotopic (exact) mass is 230 g/mol. The minimum absolute atomic E-state index is 0.0956. The van der Waals surface area contributed by atoms with E-state index in [1.165, 1.54) is 0 Å². The molecule has 0 saturated heterocycles. The van der Waals surface area contributed by atoms with Gasteiger partial charge >= 0.3 is 0 Å². The van der Waals surface area contributed by atoms with Crippen LogP contribution in [0.25, 0.3) is 0 Å². The molecule has 96 valence electrons. The first kappa shape index (κ1) is 15.4. The summed E-state index contributed by atoms with van der Waals surface area (Å²) in [4.78, 5) is 13.0. The number of hydrogen-bond acceptors (Lipinski definition) is 3. The number of carbonyl (C=O) groups excluding carboxylic acids is 1. The van der Waals surface area contributed by atoms with E-state index in [4.69, 9.17) is 0 Å². The van der Waals surface area contributed by atoms with Crippen LogP contribution >= 0.6 is 0 Å². The number of carbonyl (C=O) groups is 1. The number of hydrogen-bond donors (Lipinski definition) is 2. The highest BCUT2D eigenvalue weighted by Gasteiger charge is 2.20. The summed E-state index contributed by atoms with van der Waals surface area (Å²) in [5, 5.41) is 13.1. The van der Waals surface area contributed by atoms with E-state index in [2.05, 4.69) is 5.32 Å². The van der Waals surface area contributed by atoms with Gasteiger partial charge in [0, 0.05) is 33.1 Å². The van der Waals surface area contributed by atoms with Crippen molar-refractivity contribution < 1.29 is 9.90 Å². The predicted octanol–water partition coefficient (Wildman–Crippen LogP) is 0.994. The van der Waals surface area contributed by atoms with Crippen molar-refractivity contribution in [1.29, 1.82) is 0 Å². The molecule has 0 radical (unpaired) electrons. The van der Waals surface area contributed by atoms with Gasteiger partial charge in [0.25, 0.3) is 0 Å². The number of aliphatic hydroxyl groups is 1. The third-order valence-corrected chi connectivity index (χ3v) is 2.60. The van der Waals surface area contributed by atoms with Gasteiger partial charge in [-0.05, 0) is 20.3 Å². The van der Waals surface area contributed by atoms with Crippen LogP contribution in [0, 0.1) is 0 Å². The van der Waals surface area contributed by atoms with E-state index in [-0.39, 0.29) is 11.9 Å². The first-order valence-corrected chi connectivity index (χ1v) is 5.94. The molecule has 4 nitrogen and oxygen atoms in total. The summed E-state index contributed by atoms with van der Waals surface area (Å²) in [5.74, 6) is 0.107. The van der Waals surface area contributed by atoms with Gasteiger partial charge in [-0.15, -0.1) is 0 Å². The molecule has 0 heterocycles. The van der Waals surface area contributed by atoms with Crippen molar-refractivity contribution in [2.45, 2.75) is 51.7 Å². The van der Waals surface area contributed by atoms with Gasteiger partial charge < -0.3 is 15.3 Å². The molecule has 0 saturated carbocycles. The summed E-state index contributed by atoms with van der Waals surface area (Å²) in [6, 6.07) is 0.0956. The summed E-state index contributed by atoms with van der Waals surface area (Å²) < 4.78 is 0. The van der Waals surface area contributed by atoms with Crippen LogP contribution in [-0.4, -0.2) is 48.2 Å². The molecular weight excluding hydrogens is 204 g/mol. The van der Waals surface area contributed by atoms with Gasteiger partial charge in [-0.1, -0.05) is 13.3 Å². The van der Waals surface area contributed by atoms with Gasteiger partial charge in [0.15, 0.2) is 0 Å². The number of amides is 1. The normalized spacial score (nSPS) is 16.6. The molecule has 4 heteroatoms. The van der Waals surface area contributed by atoms with Crippen LogP contribution < -0.4 is 5.32 Å². The second-order valence-corrected chi connectivity index (χ2v) is 5.02. The minimum Gasteiger partial charge on any atom is -0.389 e. The van der Waals surface area contributed by atoms with Crippen LogP contribution in [-0.2, 0) is 4.79 Å². The molecule has 0 aliphatic carbocycles. The summed E-state index contributed by atoms with van der Waals surface area (Å²) in [7, 11) is 3.50. The fourth-order valence-electron chi connectivity index (χ4n) is 1.54. The zero-order valence-corrected chi connectivity index (χ0v) is 11.2. The highest BCUT2D eigenvalue weighted by atomic mass is 16.3. The first-order chi connectivity index (χ1) is 7.28. The van der Waals surface area contributed by atoms with Crippen LogP contribution in [0.2, 0.25) is 0 Å². The van der Waals surface area contributed by atoms with Crippen LogP contribution in [0.1, 0.15) is 40.0 Å². The van der Waals surface area contributed by atoms with Gasteiger partial charge in [-0.3, -0.25) is 4.79 Å². The summed E-state index contributed by atoms with van der Waals surface area (Å²) in [5.41, 5.74) is -0.676. The molecule has 0 bridgehead atoms. The lowest BCUT2D eigenvalue weighted by atomic mass is 10.0. The Morgan fingerprint density at radius 1 is 1.50 bits per heavy atom. The summed E-state index contributed by atoms with van der Waals surface area (Å²) in [6.45, 7) is 6.36. The molecule has 0 aromatic heterocycles. The lowest BCUT2D eigenvalue weighted by molar-refractivity contribution is -0.129. The fraction of sp³-hybridized carbons (Fsp3) is 0.917. The van der Waals surface area contributed by atoms with Crippen molar-refractivity contribution in [3.05, 3.63) is 0 Å². The zero-order chi connectivity index (χ0) is 12.8. The lowest BCUT2D eigenvalue weighted by Gasteiger charge is -2.25. The van der Waals surface area contributed by atoms with E-state index in [1.54, 1.807) is 19.0 Å². The van der Waals surface area contributed by atoms with Crippen molar-refractivity contribution >= 4 is 5.91 Å². The second-order valence-electron chi connectivity index (χ2n) is 5.02. The smallest absolute Gasteiger partial charge is 0.223 e. The molecule has 0 spiro atoms. The van der Waals surface area contributed by atoms with E-state index in [9.17, 15) is 9.90 Å². The summed E-state index contributed by atoms with van der Waals surface area (Å²) >= 11 is 0. The zero-order valence-electron chi connectivity index (χ0n) is 11.2. The molecule has 0 aromatic rings. The van der Waals surface area contributed by atoms with Crippen molar-refractivity contribution in [1.82, 2.24) is 10.2 Å². The Morgan fingerprint density at radius 3 is 2.50 bits per heavy atom. The van der Waals surface area contributed by atoms with Crippen molar-refractivity contribution in [2.24, 2.45) is 0 Å². The van der Waals surface area contributed by atoms with E-state index in [0.717, 1.165) is 12.8 Å². The molecule has 0 aliphatic heterocycles.